The van der Waals surface area contributed by atoms with E-state index in [1.165, 1.54) is 5.56 Å². The number of alkyl halides is 3. The minimum absolute atomic E-state index is 0.412. The number of aromatic nitrogens is 1. The SMILES string of the molecule is CCNC(=NCc1ccc(C)cc1)NCCc1nc(C(F)(F)F)cs1. The molecule has 1 aromatic heterocycles. The van der Waals surface area contributed by atoms with E-state index >= 15 is 0 Å². The van der Waals surface area contributed by atoms with E-state index in [9.17, 15) is 13.2 Å². The lowest BCUT2D eigenvalue weighted by Gasteiger charge is -2.10. The van der Waals surface area contributed by atoms with Crippen molar-refractivity contribution in [1.82, 2.24) is 15.6 Å². The second-order valence-corrected chi connectivity index (χ2v) is 6.42. The van der Waals surface area contributed by atoms with Gasteiger partial charge in [0.2, 0.25) is 0 Å². The molecule has 0 aliphatic heterocycles. The maximum Gasteiger partial charge on any atom is 0.434 e. The van der Waals surface area contributed by atoms with Crippen molar-refractivity contribution in [2.24, 2.45) is 4.99 Å². The van der Waals surface area contributed by atoms with Crippen LogP contribution in [0.15, 0.2) is 34.6 Å². The first kappa shape index (κ1) is 19.2. The summed E-state index contributed by atoms with van der Waals surface area (Å²) >= 11 is 1.02. The number of benzene rings is 1. The topological polar surface area (TPSA) is 49.3 Å². The Balaban J connectivity index is 1.87. The van der Waals surface area contributed by atoms with Gasteiger partial charge in [-0.1, -0.05) is 29.8 Å². The minimum atomic E-state index is -4.38. The molecule has 2 rings (SSSR count). The number of guanidine groups is 1. The molecule has 0 spiro atoms. The van der Waals surface area contributed by atoms with Crippen LogP contribution in [0.25, 0.3) is 0 Å². The number of nitrogens with one attached hydrogen (secondary N) is 2. The molecule has 0 aliphatic rings. The first-order chi connectivity index (χ1) is 11.9. The molecule has 8 heteroatoms. The Labute approximate surface area is 149 Å². The second kappa shape index (κ2) is 8.84. The number of hydrogen-bond donors (Lipinski definition) is 2. The van der Waals surface area contributed by atoms with E-state index < -0.39 is 11.9 Å². The van der Waals surface area contributed by atoms with Gasteiger partial charge in [-0.25, -0.2) is 9.98 Å². The quantitative estimate of drug-likeness (QED) is 0.601. The molecule has 0 fully saturated rings. The third kappa shape index (κ3) is 6.38. The molecule has 1 heterocycles. The summed E-state index contributed by atoms with van der Waals surface area (Å²) in [7, 11) is 0. The normalized spacial score (nSPS) is 12.3. The Kier molecular flexibility index (Phi) is 6.81. The number of hydrogen-bond acceptors (Lipinski definition) is 3. The summed E-state index contributed by atoms with van der Waals surface area (Å²) in [4.78, 5) is 8.11. The summed E-state index contributed by atoms with van der Waals surface area (Å²) in [5.74, 6) is 0.635. The van der Waals surface area contributed by atoms with E-state index in [2.05, 4.69) is 20.6 Å². The van der Waals surface area contributed by atoms with Crippen LogP contribution >= 0.6 is 11.3 Å². The Morgan fingerprint density at radius 2 is 1.92 bits per heavy atom. The van der Waals surface area contributed by atoms with E-state index in [4.69, 9.17) is 0 Å². The van der Waals surface area contributed by atoms with Crippen LogP contribution in [0, 0.1) is 6.92 Å². The largest absolute Gasteiger partial charge is 0.434 e. The highest BCUT2D eigenvalue weighted by atomic mass is 32.1. The van der Waals surface area contributed by atoms with E-state index in [0.717, 1.165) is 22.3 Å². The Morgan fingerprint density at radius 1 is 1.20 bits per heavy atom. The van der Waals surface area contributed by atoms with Crippen molar-refractivity contribution in [1.29, 1.82) is 0 Å². The predicted molar refractivity (Wildman–Crippen MR) is 94.8 cm³/mol. The number of aryl methyl sites for hydroxylation is 1. The average molecular weight is 370 g/mol. The highest BCUT2D eigenvalue weighted by Gasteiger charge is 2.33. The van der Waals surface area contributed by atoms with E-state index in [-0.39, 0.29) is 0 Å². The fourth-order valence-electron chi connectivity index (χ4n) is 2.05. The lowest BCUT2D eigenvalue weighted by molar-refractivity contribution is -0.140. The van der Waals surface area contributed by atoms with Crippen LogP contribution in [-0.2, 0) is 19.1 Å². The molecular formula is C17H21F3N4S. The van der Waals surface area contributed by atoms with E-state index in [1.54, 1.807) is 0 Å². The maximum atomic E-state index is 12.5. The number of aliphatic imine (C=N–C) groups is 1. The van der Waals surface area contributed by atoms with Gasteiger partial charge in [0.15, 0.2) is 11.7 Å². The van der Waals surface area contributed by atoms with Crippen molar-refractivity contribution < 1.29 is 13.2 Å². The minimum Gasteiger partial charge on any atom is -0.357 e. The van der Waals surface area contributed by atoms with Crippen molar-refractivity contribution in [3.05, 3.63) is 51.5 Å². The van der Waals surface area contributed by atoms with Crippen LogP contribution < -0.4 is 10.6 Å². The van der Waals surface area contributed by atoms with Gasteiger partial charge in [-0.15, -0.1) is 11.3 Å². The molecule has 0 aliphatic carbocycles. The number of nitrogens with zero attached hydrogens (tertiary/aromatic N) is 2. The van der Waals surface area contributed by atoms with Crippen LogP contribution in [-0.4, -0.2) is 24.0 Å². The van der Waals surface area contributed by atoms with E-state index in [1.807, 2.05) is 38.1 Å². The van der Waals surface area contributed by atoms with Crippen LogP contribution in [0.4, 0.5) is 13.2 Å². The van der Waals surface area contributed by atoms with Gasteiger partial charge in [-0.05, 0) is 19.4 Å². The summed E-state index contributed by atoms with van der Waals surface area (Å²) in [6.45, 7) is 5.69. The average Bonchev–Trinajstić information content (AvgIpc) is 3.03. The summed E-state index contributed by atoms with van der Waals surface area (Å²) in [6, 6.07) is 8.12. The van der Waals surface area contributed by atoms with Crippen LogP contribution in [0.2, 0.25) is 0 Å². The van der Waals surface area contributed by atoms with Crippen molar-refractivity contribution >= 4 is 17.3 Å². The van der Waals surface area contributed by atoms with Gasteiger partial charge in [-0.2, -0.15) is 13.2 Å². The monoisotopic (exact) mass is 370 g/mol. The van der Waals surface area contributed by atoms with Gasteiger partial charge in [0.1, 0.15) is 0 Å². The second-order valence-electron chi connectivity index (χ2n) is 5.48. The zero-order valence-electron chi connectivity index (χ0n) is 14.2. The first-order valence-electron chi connectivity index (χ1n) is 7.98. The molecule has 0 unspecified atom stereocenters. The lowest BCUT2D eigenvalue weighted by Crippen LogP contribution is -2.38. The third-order valence-electron chi connectivity index (χ3n) is 3.36. The first-order valence-corrected chi connectivity index (χ1v) is 8.85. The smallest absolute Gasteiger partial charge is 0.357 e. The van der Waals surface area contributed by atoms with Crippen molar-refractivity contribution in [3.8, 4) is 0 Å². The summed E-state index contributed by atoms with van der Waals surface area (Å²) in [5, 5.41) is 7.75. The fourth-order valence-corrected chi connectivity index (χ4v) is 2.85. The predicted octanol–water partition coefficient (Wildman–Crippen LogP) is 3.77. The molecule has 25 heavy (non-hydrogen) atoms. The van der Waals surface area contributed by atoms with Gasteiger partial charge in [0.05, 0.1) is 11.6 Å². The van der Waals surface area contributed by atoms with Crippen molar-refractivity contribution in [2.45, 2.75) is 33.0 Å². The zero-order chi connectivity index (χ0) is 18.3. The molecule has 4 nitrogen and oxygen atoms in total. The summed E-state index contributed by atoms with van der Waals surface area (Å²) in [5.41, 5.74) is 1.46. The van der Waals surface area contributed by atoms with Crippen molar-refractivity contribution in [3.63, 3.8) is 0 Å². The molecule has 0 saturated carbocycles. The van der Waals surface area contributed by atoms with E-state index in [0.29, 0.717) is 37.0 Å². The van der Waals surface area contributed by atoms with Gasteiger partial charge >= 0.3 is 6.18 Å². The molecule has 0 bridgehead atoms. The molecular weight excluding hydrogens is 349 g/mol. The highest BCUT2D eigenvalue weighted by molar-refractivity contribution is 7.09. The molecule has 1 aromatic carbocycles. The Bertz CT molecular complexity index is 693. The molecule has 0 atom stereocenters. The van der Waals surface area contributed by atoms with Crippen molar-refractivity contribution in [2.75, 3.05) is 13.1 Å². The summed E-state index contributed by atoms with van der Waals surface area (Å²) in [6.07, 6.45) is -3.97. The zero-order valence-corrected chi connectivity index (χ0v) is 15.0. The summed E-state index contributed by atoms with van der Waals surface area (Å²) < 4.78 is 37.6. The molecule has 0 amide bonds. The number of rotatable bonds is 6. The van der Waals surface area contributed by atoms with Gasteiger partial charge in [-0.3, -0.25) is 0 Å². The van der Waals surface area contributed by atoms with Gasteiger partial charge in [0.25, 0.3) is 0 Å². The third-order valence-corrected chi connectivity index (χ3v) is 4.27. The molecule has 136 valence electrons. The van der Waals surface area contributed by atoms with Crippen LogP contribution in [0.1, 0.15) is 28.8 Å². The fraction of sp³-hybridized carbons (Fsp3) is 0.412. The number of halogens is 3. The maximum absolute atomic E-state index is 12.5. The standard InChI is InChI=1S/C17H21F3N4S/c1-3-21-16(23-10-13-6-4-12(2)5-7-13)22-9-8-15-24-14(11-25-15)17(18,19)20/h4-7,11H,3,8-10H2,1-2H3,(H2,21,22,23). The molecule has 2 N–H and O–H groups in total. The molecule has 2 aromatic rings. The lowest BCUT2D eigenvalue weighted by atomic mass is 10.1. The Hall–Kier alpha value is -2.09. The molecule has 0 saturated heterocycles. The molecule has 0 radical (unpaired) electrons. The Morgan fingerprint density at radius 3 is 2.52 bits per heavy atom. The van der Waals surface area contributed by atoms with Crippen LogP contribution in [0.3, 0.4) is 0 Å². The van der Waals surface area contributed by atoms with Gasteiger partial charge in [0, 0.05) is 24.9 Å². The highest BCUT2D eigenvalue weighted by Crippen LogP contribution is 2.29. The number of thiazole rings is 1. The van der Waals surface area contributed by atoms with Gasteiger partial charge < -0.3 is 10.6 Å². The van der Waals surface area contributed by atoms with Crippen LogP contribution in [0.5, 0.6) is 0 Å².